The Bertz CT molecular complexity index is 440. The third-order valence-electron chi connectivity index (χ3n) is 7.64. The minimum atomic E-state index is -0.517. The van der Waals surface area contributed by atoms with Gasteiger partial charge in [0.05, 0.1) is 5.41 Å². The lowest BCUT2D eigenvalue weighted by Crippen LogP contribution is -2.31. The predicted octanol–water partition coefficient (Wildman–Crippen LogP) is 11.4. The molecule has 0 saturated carbocycles. The summed E-state index contributed by atoms with van der Waals surface area (Å²) < 4.78 is 0. The summed E-state index contributed by atoms with van der Waals surface area (Å²) in [5, 5.41) is 10.2. The Kier molecular flexibility index (Phi) is 24.7. The topological polar surface area (TPSA) is 37.3 Å². The maximum Gasteiger partial charge on any atom is 0.309 e. The second-order valence-electron chi connectivity index (χ2n) is 10.9. The lowest BCUT2D eigenvalue weighted by atomic mass is 9.74. The number of hydrogen-bond acceptors (Lipinski definition) is 1. The van der Waals surface area contributed by atoms with Gasteiger partial charge in [-0.2, -0.15) is 0 Å². The van der Waals surface area contributed by atoms with Crippen molar-refractivity contribution in [2.24, 2.45) is 5.41 Å². The Labute approximate surface area is 214 Å². The third-order valence-corrected chi connectivity index (χ3v) is 7.64. The van der Waals surface area contributed by atoms with Crippen molar-refractivity contribution in [1.82, 2.24) is 0 Å². The van der Waals surface area contributed by atoms with Crippen LogP contribution in [-0.4, -0.2) is 11.1 Å². The second kappa shape index (κ2) is 25.3. The third kappa shape index (κ3) is 19.5. The number of allylic oxidation sites excluding steroid dienone is 2. The number of rotatable bonds is 27. The van der Waals surface area contributed by atoms with Crippen molar-refractivity contribution in [3.63, 3.8) is 0 Å². The van der Waals surface area contributed by atoms with Crippen LogP contribution in [0.1, 0.15) is 181 Å². The van der Waals surface area contributed by atoms with Gasteiger partial charge in [0.2, 0.25) is 0 Å². The van der Waals surface area contributed by atoms with Gasteiger partial charge in [0, 0.05) is 0 Å². The van der Waals surface area contributed by atoms with E-state index in [9.17, 15) is 9.90 Å². The van der Waals surface area contributed by atoms with Gasteiger partial charge in [0.1, 0.15) is 0 Å². The maximum absolute atomic E-state index is 12.4. The molecule has 0 aliphatic rings. The molecule has 0 rings (SSSR count). The maximum atomic E-state index is 12.4. The smallest absolute Gasteiger partial charge is 0.309 e. The molecule has 0 aliphatic heterocycles. The van der Waals surface area contributed by atoms with Crippen LogP contribution >= 0.6 is 0 Å². The van der Waals surface area contributed by atoms with Crippen LogP contribution in [0.5, 0.6) is 0 Å². The minimum absolute atomic E-state index is 0.463. The molecule has 34 heavy (non-hydrogen) atoms. The van der Waals surface area contributed by atoms with E-state index in [-0.39, 0.29) is 0 Å². The van der Waals surface area contributed by atoms with E-state index >= 15 is 0 Å². The van der Waals surface area contributed by atoms with Crippen molar-refractivity contribution < 1.29 is 9.90 Å². The van der Waals surface area contributed by atoms with Crippen LogP contribution in [0.15, 0.2) is 12.2 Å². The Morgan fingerprint density at radius 1 is 0.500 bits per heavy atom. The monoisotopic (exact) mass is 478 g/mol. The van der Waals surface area contributed by atoms with E-state index in [2.05, 4.69) is 32.9 Å². The molecular formula is C32H62O2. The summed E-state index contributed by atoms with van der Waals surface area (Å²) in [5.74, 6) is -0.517. The van der Waals surface area contributed by atoms with Crippen LogP contribution in [0.25, 0.3) is 0 Å². The summed E-state index contributed by atoms with van der Waals surface area (Å²) in [4.78, 5) is 12.4. The summed E-state index contributed by atoms with van der Waals surface area (Å²) >= 11 is 0. The van der Waals surface area contributed by atoms with E-state index in [0.29, 0.717) is 0 Å². The number of aliphatic carboxylic acids is 1. The van der Waals surface area contributed by atoms with Gasteiger partial charge in [-0.1, -0.05) is 148 Å². The highest BCUT2D eigenvalue weighted by molar-refractivity contribution is 5.74. The Balaban J connectivity index is 4.20. The number of hydrogen-bond donors (Lipinski definition) is 1. The second-order valence-corrected chi connectivity index (χ2v) is 10.9. The summed E-state index contributed by atoms with van der Waals surface area (Å²) in [7, 11) is 0. The zero-order valence-electron chi connectivity index (χ0n) is 23.7. The molecule has 0 spiro atoms. The molecular weight excluding hydrogens is 416 g/mol. The SMILES string of the molecule is CCCCCCCCC=CCCCCCCC(CCCCCCC)(CCCCCCC)C(=O)O. The van der Waals surface area contributed by atoms with Crippen molar-refractivity contribution in [2.75, 3.05) is 0 Å². The molecule has 2 heteroatoms. The number of carboxylic acids is 1. The van der Waals surface area contributed by atoms with Gasteiger partial charge < -0.3 is 5.11 Å². The van der Waals surface area contributed by atoms with Crippen molar-refractivity contribution in [1.29, 1.82) is 0 Å². The van der Waals surface area contributed by atoms with E-state index in [1.807, 2.05) is 0 Å². The first-order valence-electron chi connectivity index (χ1n) is 15.5. The molecule has 0 amide bonds. The van der Waals surface area contributed by atoms with Gasteiger partial charge >= 0.3 is 5.97 Å². The Hall–Kier alpha value is -0.790. The predicted molar refractivity (Wildman–Crippen MR) is 152 cm³/mol. The average Bonchev–Trinajstić information content (AvgIpc) is 2.83. The van der Waals surface area contributed by atoms with Crippen molar-refractivity contribution in [3.05, 3.63) is 12.2 Å². The molecule has 0 atom stereocenters. The van der Waals surface area contributed by atoms with E-state index in [1.54, 1.807) is 0 Å². The average molecular weight is 479 g/mol. The number of unbranched alkanes of at least 4 members (excludes halogenated alkanes) is 18. The van der Waals surface area contributed by atoms with E-state index in [0.717, 1.165) is 38.5 Å². The Morgan fingerprint density at radius 2 is 0.794 bits per heavy atom. The van der Waals surface area contributed by atoms with Gasteiger partial charge in [-0.05, 0) is 44.9 Å². The molecule has 0 saturated heterocycles. The molecule has 0 aliphatic carbocycles. The fourth-order valence-corrected chi connectivity index (χ4v) is 5.19. The lowest BCUT2D eigenvalue weighted by Gasteiger charge is -2.30. The van der Waals surface area contributed by atoms with E-state index in [4.69, 9.17) is 0 Å². The first-order valence-corrected chi connectivity index (χ1v) is 15.5. The van der Waals surface area contributed by atoms with Crippen LogP contribution in [-0.2, 0) is 4.79 Å². The van der Waals surface area contributed by atoms with Crippen LogP contribution < -0.4 is 0 Å². The van der Waals surface area contributed by atoms with Crippen molar-refractivity contribution in [3.8, 4) is 0 Å². The highest BCUT2D eigenvalue weighted by Gasteiger charge is 2.36. The first-order chi connectivity index (χ1) is 16.6. The normalized spacial score (nSPS) is 12.1. The van der Waals surface area contributed by atoms with Crippen molar-refractivity contribution >= 4 is 5.97 Å². The first kappa shape index (κ1) is 33.2. The van der Waals surface area contributed by atoms with Crippen molar-refractivity contribution in [2.45, 2.75) is 181 Å². The molecule has 0 aromatic heterocycles. The lowest BCUT2D eigenvalue weighted by molar-refractivity contribution is -0.150. The summed E-state index contributed by atoms with van der Waals surface area (Å²) in [6.45, 7) is 6.75. The highest BCUT2D eigenvalue weighted by atomic mass is 16.4. The quantitative estimate of drug-likeness (QED) is 0.0941. The van der Waals surface area contributed by atoms with Gasteiger partial charge in [-0.15, -0.1) is 0 Å². The fourth-order valence-electron chi connectivity index (χ4n) is 5.19. The zero-order chi connectivity index (χ0) is 25.2. The molecule has 0 heterocycles. The van der Waals surface area contributed by atoms with E-state index in [1.165, 1.54) is 122 Å². The minimum Gasteiger partial charge on any atom is -0.481 e. The molecule has 0 aromatic rings. The standard InChI is InChI=1S/C32H62O2/c1-4-7-10-13-14-15-16-17-18-19-20-21-24-27-30-32(31(33)34,28-25-22-11-8-5-2)29-26-23-12-9-6-3/h17-18H,4-16,19-30H2,1-3H3,(H,33,34). The van der Waals surface area contributed by atoms with Crippen LogP contribution in [0.3, 0.4) is 0 Å². The van der Waals surface area contributed by atoms with Gasteiger partial charge in [0.25, 0.3) is 0 Å². The molecule has 2 nitrogen and oxygen atoms in total. The van der Waals surface area contributed by atoms with Crippen LogP contribution in [0, 0.1) is 5.41 Å². The highest BCUT2D eigenvalue weighted by Crippen LogP contribution is 2.38. The molecule has 202 valence electrons. The molecule has 0 unspecified atom stereocenters. The fraction of sp³-hybridized carbons (Fsp3) is 0.906. The van der Waals surface area contributed by atoms with Gasteiger partial charge in [-0.3, -0.25) is 4.79 Å². The van der Waals surface area contributed by atoms with Gasteiger partial charge in [-0.25, -0.2) is 0 Å². The molecule has 0 radical (unpaired) electrons. The zero-order valence-corrected chi connectivity index (χ0v) is 23.7. The molecule has 0 bridgehead atoms. The molecule has 1 N–H and O–H groups in total. The van der Waals surface area contributed by atoms with Gasteiger partial charge in [0.15, 0.2) is 0 Å². The summed E-state index contributed by atoms with van der Waals surface area (Å²) in [6, 6.07) is 0. The summed E-state index contributed by atoms with van der Waals surface area (Å²) in [6.07, 6.45) is 35.0. The molecule has 0 aromatic carbocycles. The molecule has 0 fully saturated rings. The van der Waals surface area contributed by atoms with Crippen LogP contribution in [0.2, 0.25) is 0 Å². The summed E-state index contributed by atoms with van der Waals surface area (Å²) in [5.41, 5.74) is -0.463. The van der Waals surface area contributed by atoms with E-state index < -0.39 is 11.4 Å². The van der Waals surface area contributed by atoms with Crippen LogP contribution in [0.4, 0.5) is 0 Å². The Morgan fingerprint density at radius 3 is 1.12 bits per heavy atom. The number of carbonyl (C=O) groups is 1. The number of carboxylic acid groups (broad SMARTS) is 1. The largest absolute Gasteiger partial charge is 0.481 e.